The van der Waals surface area contributed by atoms with Gasteiger partial charge in [-0.15, -0.1) is 0 Å². The molecule has 1 heterocycles. The molecular formula is C18H36N2O2. The first-order valence-electron chi connectivity index (χ1n) is 8.89. The number of amides is 1. The average Bonchev–Trinajstić information content (AvgIpc) is 2.83. The van der Waals surface area contributed by atoms with Crippen LogP contribution in [0.5, 0.6) is 0 Å². The fourth-order valence-electron chi connectivity index (χ4n) is 3.08. The van der Waals surface area contributed by atoms with Gasteiger partial charge in [0.15, 0.2) is 0 Å². The number of nitrogens with one attached hydrogen (secondary N) is 1. The Bertz CT molecular complexity index is 351. The molecule has 0 saturated carbocycles. The number of nitrogens with zero attached hydrogens (tertiary/aromatic N) is 1. The van der Waals surface area contributed by atoms with Crippen LogP contribution in [0.2, 0.25) is 0 Å². The van der Waals surface area contributed by atoms with Crippen LogP contribution in [0, 0.1) is 5.92 Å². The standard InChI is InChI=1S/C18H36N2O2/c1-8-13(2)15(4)19-14(3)12-16-10-9-11-20(16)17(21)22-18(5,6)7/h13-16,19H,8-12H2,1-7H3. The van der Waals surface area contributed by atoms with E-state index < -0.39 is 5.60 Å². The van der Waals surface area contributed by atoms with Crippen molar-refractivity contribution < 1.29 is 9.53 Å². The van der Waals surface area contributed by atoms with Crippen LogP contribution in [0.4, 0.5) is 4.79 Å². The van der Waals surface area contributed by atoms with Crippen molar-refractivity contribution in [3.8, 4) is 0 Å². The summed E-state index contributed by atoms with van der Waals surface area (Å²) in [7, 11) is 0. The average molecular weight is 312 g/mol. The molecule has 4 heteroatoms. The molecule has 1 rings (SSSR count). The second-order valence-electron chi connectivity index (χ2n) is 7.95. The third-order valence-corrected chi connectivity index (χ3v) is 4.68. The van der Waals surface area contributed by atoms with Gasteiger partial charge in [-0.2, -0.15) is 0 Å². The van der Waals surface area contributed by atoms with Gasteiger partial charge >= 0.3 is 6.09 Å². The Kier molecular flexibility index (Phi) is 7.17. The van der Waals surface area contributed by atoms with E-state index in [-0.39, 0.29) is 6.09 Å². The summed E-state index contributed by atoms with van der Waals surface area (Å²) >= 11 is 0. The fourth-order valence-corrected chi connectivity index (χ4v) is 3.08. The number of carbonyl (C=O) groups excluding carboxylic acids is 1. The van der Waals surface area contributed by atoms with Crippen molar-refractivity contribution in [2.24, 2.45) is 5.92 Å². The molecule has 0 aromatic rings. The molecule has 0 bridgehead atoms. The Labute approximate surface area is 137 Å². The van der Waals surface area contributed by atoms with Gasteiger partial charge < -0.3 is 15.0 Å². The first-order valence-corrected chi connectivity index (χ1v) is 8.89. The van der Waals surface area contributed by atoms with Crippen molar-refractivity contribution in [2.45, 2.75) is 97.9 Å². The maximum absolute atomic E-state index is 12.3. The molecule has 0 spiro atoms. The molecule has 1 fully saturated rings. The van der Waals surface area contributed by atoms with E-state index in [0.29, 0.717) is 24.0 Å². The Morgan fingerprint density at radius 1 is 1.32 bits per heavy atom. The quantitative estimate of drug-likeness (QED) is 0.799. The van der Waals surface area contributed by atoms with Crippen LogP contribution in [-0.4, -0.2) is 41.3 Å². The second kappa shape index (κ2) is 8.19. The predicted molar refractivity (Wildman–Crippen MR) is 92.1 cm³/mol. The normalized spacial score (nSPS) is 23.2. The number of carbonyl (C=O) groups is 1. The number of hydrogen-bond acceptors (Lipinski definition) is 3. The molecule has 4 nitrogen and oxygen atoms in total. The van der Waals surface area contributed by atoms with Gasteiger partial charge in [-0.3, -0.25) is 0 Å². The number of hydrogen-bond donors (Lipinski definition) is 1. The summed E-state index contributed by atoms with van der Waals surface area (Å²) in [5, 5.41) is 3.69. The molecule has 0 aromatic carbocycles. The first-order chi connectivity index (χ1) is 10.1. The Morgan fingerprint density at radius 3 is 2.50 bits per heavy atom. The summed E-state index contributed by atoms with van der Waals surface area (Å²) < 4.78 is 5.54. The topological polar surface area (TPSA) is 41.6 Å². The Morgan fingerprint density at radius 2 is 1.95 bits per heavy atom. The highest BCUT2D eigenvalue weighted by Crippen LogP contribution is 2.24. The summed E-state index contributed by atoms with van der Waals surface area (Å²) in [5.74, 6) is 0.674. The molecule has 0 radical (unpaired) electrons. The highest BCUT2D eigenvalue weighted by molar-refractivity contribution is 5.68. The lowest BCUT2D eigenvalue weighted by atomic mass is 9.98. The smallest absolute Gasteiger partial charge is 0.410 e. The molecule has 0 aromatic heterocycles. The van der Waals surface area contributed by atoms with Crippen molar-refractivity contribution in [3.05, 3.63) is 0 Å². The van der Waals surface area contributed by atoms with Crippen LogP contribution < -0.4 is 5.32 Å². The number of rotatable bonds is 6. The molecular weight excluding hydrogens is 276 g/mol. The van der Waals surface area contributed by atoms with Gasteiger partial charge in [0.25, 0.3) is 0 Å². The molecule has 130 valence electrons. The SMILES string of the molecule is CCC(C)C(C)NC(C)CC1CCCN1C(=O)OC(C)(C)C. The fraction of sp³-hybridized carbons (Fsp3) is 0.944. The highest BCUT2D eigenvalue weighted by Gasteiger charge is 2.33. The summed E-state index contributed by atoms with van der Waals surface area (Å²) in [6.45, 7) is 15.6. The van der Waals surface area contributed by atoms with Crippen LogP contribution in [-0.2, 0) is 4.74 Å². The van der Waals surface area contributed by atoms with Crippen LogP contribution in [0.3, 0.4) is 0 Å². The Balaban J connectivity index is 2.51. The van der Waals surface area contributed by atoms with Gasteiger partial charge in [-0.05, 0) is 59.8 Å². The van der Waals surface area contributed by atoms with Gasteiger partial charge in [0.2, 0.25) is 0 Å². The van der Waals surface area contributed by atoms with Crippen molar-refractivity contribution in [1.82, 2.24) is 10.2 Å². The van der Waals surface area contributed by atoms with E-state index in [1.165, 1.54) is 6.42 Å². The van der Waals surface area contributed by atoms with Gasteiger partial charge in [0, 0.05) is 24.7 Å². The van der Waals surface area contributed by atoms with E-state index in [1.807, 2.05) is 25.7 Å². The minimum absolute atomic E-state index is 0.155. The maximum Gasteiger partial charge on any atom is 0.410 e. The zero-order chi connectivity index (χ0) is 16.9. The lowest BCUT2D eigenvalue weighted by molar-refractivity contribution is 0.0213. The van der Waals surface area contributed by atoms with Gasteiger partial charge in [-0.1, -0.05) is 20.3 Å². The first kappa shape index (κ1) is 19.3. The van der Waals surface area contributed by atoms with Crippen LogP contribution in [0.25, 0.3) is 0 Å². The summed E-state index contributed by atoms with van der Waals surface area (Å²) in [6, 6.07) is 1.23. The lowest BCUT2D eigenvalue weighted by Crippen LogP contribution is -2.45. The van der Waals surface area contributed by atoms with Gasteiger partial charge in [0.05, 0.1) is 0 Å². The molecule has 0 aliphatic carbocycles. The summed E-state index contributed by atoms with van der Waals surface area (Å²) in [6.07, 6.45) is 4.20. The third kappa shape index (κ3) is 6.15. The molecule has 4 unspecified atom stereocenters. The number of ether oxygens (including phenoxy) is 1. The predicted octanol–water partition coefficient (Wildman–Crippen LogP) is 4.19. The summed E-state index contributed by atoms with van der Waals surface area (Å²) in [4.78, 5) is 14.2. The maximum atomic E-state index is 12.3. The lowest BCUT2D eigenvalue weighted by Gasteiger charge is -2.31. The van der Waals surface area contributed by atoms with Crippen molar-refractivity contribution >= 4 is 6.09 Å². The molecule has 1 N–H and O–H groups in total. The molecule has 1 aliphatic rings. The van der Waals surface area contributed by atoms with Crippen LogP contribution in [0.1, 0.15) is 74.1 Å². The highest BCUT2D eigenvalue weighted by atomic mass is 16.6. The third-order valence-electron chi connectivity index (χ3n) is 4.68. The van der Waals surface area contributed by atoms with E-state index >= 15 is 0 Å². The number of likely N-dealkylation sites (tertiary alicyclic amines) is 1. The van der Waals surface area contributed by atoms with Gasteiger partial charge in [0.1, 0.15) is 5.60 Å². The van der Waals surface area contributed by atoms with Crippen LogP contribution >= 0.6 is 0 Å². The Hall–Kier alpha value is -0.770. The van der Waals surface area contributed by atoms with Crippen molar-refractivity contribution in [2.75, 3.05) is 6.54 Å². The largest absolute Gasteiger partial charge is 0.444 e. The van der Waals surface area contributed by atoms with Crippen molar-refractivity contribution in [1.29, 1.82) is 0 Å². The van der Waals surface area contributed by atoms with E-state index in [4.69, 9.17) is 4.74 Å². The minimum Gasteiger partial charge on any atom is -0.444 e. The molecule has 4 atom stereocenters. The second-order valence-corrected chi connectivity index (χ2v) is 7.95. The van der Waals surface area contributed by atoms with E-state index in [0.717, 1.165) is 25.8 Å². The zero-order valence-corrected chi connectivity index (χ0v) is 15.6. The van der Waals surface area contributed by atoms with E-state index in [2.05, 4.69) is 33.0 Å². The van der Waals surface area contributed by atoms with Crippen LogP contribution in [0.15, 0.2) is 0 Å². The molecule has 1 aliphatic heterocycles. The minimum atomic E-state index is -0.417. The van der Waals surface area contributed by atoms with E-state index in [9.17, 15) is 4.79 Å². The zero-order valence-electron chi connectivity index (χ0n) is 15.6. The molecule has 1 amide bonds. The summed E-state index contributed by atoms with van der Waals surface area (Å²) in [5.41, 5.74) is -0.417. The monoisotopic (exact) mass is 312 g/mol. The van der Waals surface area contributed by atoms with Gasteiger partial charge in [-0.25, -0.2) is 4.79 Å². The van der Waals surface area contributed by atoms with E-state index in [1.54, 1.807) is 0 Å². The van der Waals surface area contributed by atoms with Crippen molar-refractivity contribution in [3.63, 3.8) is 0 Å². The molecule has 22 heavy (non-hydrogen) atoms. The molecule has 1 saturated heterocycles.